The summed E-state index contributed by atoms with van der Waals surface area (Å²) in [7, 11) is -3.42. The SMILES string of the molecule is CC(=O)Oc1ccc(-c2ccc(C(=O)OC(C)C(=O)c3ccc(NS(C)(=O)=O)cc3)cc2)cc1. The highest BCUT2D eigenvalue weighted by molar-refractivity contribution is 7.92. The number of carbonyl (C=O) groups is 3. The van der Waals surface area contributed by atoms with E-state index in [0.717, 1.165) is 17.4 Å². The summed E-state index contributed by atoms with van der Waals surface area (Å²) in [5.74, 6) is -1.02. The van der Waals surface area contributed by atoms with E-state index >= 15 is 0 Å². The fourth-order valence-electron chi connectivity index (χ4n) is 3.11. The van der Waals surface area contributed by atoms with Crippen molar-refractivity contribution in [2.45, 2.75) is 20.0 Å². The van der Waals surface area contributed by atoms with Gasteiger partial charge in [0.1, 0.15) is 5.75 Å². The van der Waals surface area contributed by atoms with E-state index in [1.807, 2.05) is 0 Å². The second-order valence-corrected chi connectivity index (χ2v) is 9.31. The van der Waals surface area contributed by atoms with Gasteiger partial charge in [0.2, 0.25) is 15.8 Å². The Morgan fingerprint density at radius 2 is 1.29 bits per heavy atom. The molecule has 0 aliphatic heterocycles. The highest BCUT2D eigenvalue weighted by Crippen LogP contribution is 2.23. The third-order valence-electron chi connectivity index (χ3n) is 4.70. The number of carbonyl (C=O) groups excluding carboxylic acids is 3. The van der Waals surface area contributed by atoms with Crippen molar-refractivity contribution in [2.75, 3.05) is 11.0 Å². The van der Waals surface area contributed by atoms with E-state index in [1.54, 1.807) is 48.5 Å². The van der Waals surface area contributed by atoms with Crippen LogP contribution in [0.15, 0.2) is 72.8 Å². The first kappa shape index (κ1) is 24.7. The number of anilines is 1. The highest BCUT2D eigenvalue weighted by atomic mass is 32.2. The topological polar surface area (TPSA) is 116 Å². The van der Waals surface area contributed by atoms with Crippen LogP contribution in [0.25, 0.3) is 11.1 Å². The standard InChI is InChI=1S/C25H23NO7S/c1-16(24(28)20-8-12-22(13-9-20)26-34(3,30)31)32-25(29)21-6-4-18(5-7-21)19-10-14-23(15-11-19)33-17(2)27/h4-16,26H,1-3H3. The summed E-state index contributed by atoms with van der Waals surface area (Å²) in [5.41, 5.74) is 2.61. The Balaban J connectivity index is 1.62. The molecule has 1 atom stereocenters. The first-order chi connectivity index (χ1) is 16.0. The minimum absolute atomic E-state index is 0.284. The van der Waals surface area contributed by atoms with E-state index in [-0.39, 0.29) is 11.1 Å². The second kappa shape index (κ2) is 10.3. The molecular weight excluding hydrogens is 458 g/mol. The fourth-order valence-corrected chi connectivity index (χ4v) is 3.68. The number of Topliss-reactive ketones (excluding diaryl/α,β-unsaturated/α-hetero) is 1. The molecular formula is C25H23NO7S. The molecule has 0 aromatic heterocycles. The van der Waals surface area contributed by atoms with Gasteiger partial charge in [-0.05, 0) is 66.6 Å². The van der Waals surface area contributed by atoms with Crippen molar-refractivity contribution in [2.24, 2.45) is 0 Å². The van der Waals surface area contributed by atoms with Crippen LogP contribution < -0.4 is 9.46 Å². The zero-order chi connectivity index (χ0) is 24.9. The van der Waals surface area contributed by atoms with Crippen molar-refractivity contribution >= 4 is 33.4 Å². The maximum atomic E-state index is 12.6. The minimum Gasteiger partial charge on any atom is -0.451 e. The number of ether oxygens (including phenoxy) is 2. The second-order valence-electron chi connectivity index (χ2n) is 7.56. The molecule has 1 N–H and O–H groups in total. The van der Waals surface area contributed by atoms with Gasteiger partial charge in [-0.3, -0.25) is 14.3 Å². The number of hydrogen-bond acceptors (Lipinski definition) is 7. The predicted molar refractivity (Wildman–Crippen MR) is 127 cm³/mol. The molecule has 176 valence electrons. The van der Waals surface area contributed by atoms with Crippen molar-refractivity contribution in [1.82, 2.24) is 0 Å². The van der Waals surface area contributed by atoms with E-state index in [1.165, 1.54) is 38.1 Å². The van der Waals surface area contributed by atoms with Gasteiger partial charge in [0, 0.05) is 18.2 Å². The number of hydrogen-bond donors (Lipinski definition) is 1. The monoisotopic (exact) mass is 481 g/mol. The van der Waals surface area contributed by atoms with Crippen LogP contribution >= 0.6 is 0 Å². The van der Waals surface area contributed by atoms with Gasteiger partial charge >= 0.3 is 11.9 Å². The molecule has 0 heterocycles. The van der Waals surface area contributed by atoms with E-state index in [9.17, 15) is 22.8 Å². The van der Waals surface area contributed by atoms with Crippen LogP contribution in [0, 0.1) is 0 Å². The van der Waals surface area contributed by atoms with E-state index in [2.05, 4.69) is 4.72 Å². The molecule has 9 heteroatoms. The first-order valence-electron chi connectivity index (χ1n) is 10.2. The van der Waals surface area contributed by atoms with Crippen LogP contribution in [0.4, 0.5) is 5.69 Å². The lowest BCUT2D eigenvalue weighted by Gasteiger charge is -2.13. The maximum absolute atomic E-state index is 12.6. The molecule has 3 aromatic carbocycles. The Morgan fingerprint density at radius 1 is 0.794 bits per heavy atom. The van der Waals surface area contributed by atoms with Crippen LogP contribution in [0.2, 0.25) is 0 Å². The maximum Gasteiger partial charge on any atom is 0.338 e. The minimum atomic E-state index is -3.42. The van der Waals surface area contributed by atoms with Gasteiger partial charge in [-0.25, -0.2) is 13.2 Å². The summed E-state index contributed by atoms with van der Waals surface area (Å²) >= 11 is 0. The summed E-state index contributed by atoms with van der Waals surface area (Å²) in [4.78, 5) is 36.1. The molecule has 0 fully saturated rings. The molecule has 0 aliphatic carbocycles. The summed E-state index contributed by atoms with van der Waals surface area (Å²) in [6.07, 6.45) is -0.00343. The van der Waals surface area contributed by atoms with Gasteiger partial charge in [-0.15, -0.1) is 0 Å². The molecule has 8 nitrogen and oxygen atoms in total. The number of rotatable bonds is 8. The molecule has 1 unspecified atom stereocenters. The van der Waals surface area contributed by atoms with Crippen LogP contribution in [0.3, 0.4) is 0 Å². The zero-order valence-electron chi connectivity index (χ0n) is 18.8. The molecule has 3 aromatic rings. The van der Waals surface area contributed by atoms with Crippen LogP contribution in [0.1, 0.15) is 34.6 Å². The van der Waals surface area contributed by atoms with Crippen molar-refractivity contribution < 1.29 is 32.3 Å². The average molecular weight is 482 g/mol. The third-order valence-corrected chi connectivity index (χ3v) is 5.30. The molecule has 0 bridgehead atoms. The highest BCUT2D eigenvalue weighted by Gasteiger charge is 2.20. The van der Waals surface area contributed by atoms with Gasteiger partial charge in [-0.1, -0.05) is 24.3 Å². The smallest absolute Gasteiger partial charge is 0.338 e. The summed E-state index contributed by atoms with van der Waals surface area (Å²) in [6, 6.07) is 19.5. The Hall–Kier alpha value is -3.98. The summed E-state index contributed by atoms with van der Waals surface area (Å²) < 4.78 is 35.2. The lowest BCUT2D eigenvalue weighted by Crippen LogP contribution is -2.24. The van der Waals surface area contributed by atoms with E-state index in [0.29, 0.717) is 11.4 Å². The number of esters is 2. The first-order valence-corrected chi connectivity index (χ1v) is 12.1. The van der Waals surface area contributed by atoms with Gasteiger partial charge in [-0.2, -0.15) is 0 Å². The molecule has 0 amide bonds. The van der Waals surface area contributed by atoms with Crippen molar-refractivity contribution in [3.63, 3.8) is 0 Å². The molecule has 0 radical (unpaired) electrons. The lowest BCUT2D eigenvalue weighted by atomic mass is 10.0. The van der Waals surface area contributed by atoms with E-state index < -0.39 is 33.8 Å². The van der Waals surface area contributed by atoms with Gasteiger partial charge < -0.3 is 9.47 Å². The molecule has 0 saturated carbocycles. The average Bonchev–Trinajstić information content (AvgIpc) is 2.78. The van der Waals surface area contributed by atoms with Gasteiger partial charge in [0.25, 0.3) is 0 Å². The van der Waals surface area contributed by atoms with Gasteiger partial charge in [0.05, 0.1) is 11.8 Å². The fraction of sp³-hybridized carbons (Fsp3) is 0.160. The normalized spacial score (nSPS) is 11.9. The zero-order valence-corrected chi connectivity index (χ0v) is 19.6. The third kappa shape index (κ3) is 6.76. The molecule has 3 rings (SSSR count). The van der Waals surface area contributed by atoms with E-state index in [4.69, 9.17) is 9.47 Å². The Labute approximate surface area is 197 Å². The van der Waals surface area contributed by atoms with Gasteiger partial charge in [0.15, 0.2) is 6.10 Å². The predicted octanol–water partition coefficient (Wildman–Crippen LogP) is 4.08. The van der Waals surface area contributed by atoms with Crippen LogP contribution in [-0.2, 0) is 19.6 Å². The van der Waals surface area contributed by atoms with Crippen molar-refractivity contribution in [1.29, 1.82) is 0 Å². The Bertz CT molecular complexity index is 1300. The quantitative estimate of drug-likeness (QED) is 0.293. The number of ketones is 1. The molecule has 0 aliphatic rings. The van der Waals surface area contributed by atoms with Crippen molar-refractivity contribution in [3.8, 4) is 16.9 Å². The largest absolute Gasteiger partial charge is 0.451 e. The molecule has 0 saturated heterocycles. The molecule has 0 spiro atoms. The van der Waals surface area contributed by atoms with Crippen LogP contribution in [-0.4, -0.2) is 38.5 Å². The Kier molecular flexibility index (Phi) is 7.47. The van der Waals surface area contributed by atoms with Crippen molar-refractivity contribution in [3.05, 3.63) is 83.9 Å². The summed E-state index contributed by atoms with van der Waals surface area (Å²) in [5, 5.41) is 0. The summed E-state index contributed by atoms with van der Waals surface area (Å²) in [6.45, 7) is 2.80. The number of nitrogens with one attached hydrogen (secondary N) is 1. The van der Waals surface area contributed by atoms with Crippen LogP contribution in [0.5, 0.6) is 5.75 Å². The molecule has 34 heavy (non-hydrogen) atoms. The lowest BCUT2D eigenvalue weighted by molar-refractivity contribution is -0.131. The Morgan fingerprint density at radius 3 is 1.79 bits per heavy atom. The number of benzene rings is 3. The number of sulfonamides is 1.